The Hall–Kier alpha value is -3.13. The molecular formula is C33H46FN3O4. The van der Waals surface area contributed by atoms with E-state index in [0.717, 1.165) is 63.0 Å². The third kappa shape index (κ3) is 8.22. The Kier molecular flexibility index (Phi) is 9.95. The highest BCUT2D eigenvalue weighted by Crippen LogP contribution is 2.31. The molecule has 224 valence electrons. The minimum Gasteiger partial charge on any atom is -0.490 e. The number of aryl methyl sites for hydroxylation is 1. The van der Waals surface area contributed by atoms with E-state index in [0.29, 0.717) is 12.3 Å². The minimum absolute atomic E-state index is 0.0275. The van der Waals surface area contributed by atoms with Gasteiger partial charge in [0.25, 0.3) is 0 Å². The number of hydrogen-bond acceptors (Lipinski definition) is 5. The highest BCUT2D eigenvalue weighted by molar-refractivity contribution is 5.94. The van der Waals surface area contributed by atoms with Crippen LogP contribution in [0.3, 0.4) is 0 Å². The topological polar surface area (TPSA) is 62.3 Å². The molecule has 2 aliphatic rings. The predicted octanol–water partition coefficient (Wildman–Crippen LogP) is 6.57. The second-order valence-corrected chi connectivity index (χ2v) is 12.5. The molecule has 2 fully saturated rings. The second-order valence-electron chi connectivity index (χ2n) is 12.5. The van der Waals surface area contributed by atoms with Crippen molar-refractivity contribution in [2.45, 2.75) is 91.0 Å². The molecule has 1 aliphatic heterocycles. The van der Waals surface area contributed by atoms with Gasteiger partial charge in [0.15, 0.2) is 0 Å². The first kappa shape index (κ1) is 30.8. The molecule has 0 bridgehead atoms. The molecular weight excluding hydrogens is 521 g/mol. The summed E-state index contributed by atoms with van der Waals surface area (Å²) in [5.41, 5.74) is 2.79. The number of anilines is 1. The van der Waals surface area contributed by atoms with E-state index in [-0.39, 0.29) is 35.9 Å². The standard InChI is InChI=1S/C33H46FN3O4/c1-7-27-22-36(18-19-37(27)32(39)41-33(3,4)5)21-25-8-13-28(20-23(25)2)35(6)31(38)24-9-14-29(15-10-24)40-30-16-11-26(34)12-17-30/h8,11-13,16-17,20,24,27,29H,7,9-10,14-15,18-19,21-22H2,1-6H3/t24?,27-,29?/m0/s1. The largest absolute Gasteiger partial charge is 0.490 e. The van der Waals surface area contributed by atoms with Crippen molar-refractivity contribution in [2.24, 2.45) is 5.92 Å². The fourth-order valence-corrected chi connectivity index (χ4v) is 5.81. The van der Waals surface area contributed by atoms with E-state index >= 15 is 0 Å². The van der Waals surface area contributed by atoms with Crippen LogP contribution in [0.4, 0.5) is 14.9 Å². The quantitative estimate of drug-likeness (QED) is 0.379. The maximum absolute atomic E-state index is 13.3. The molecule has 0 unspecified atom stereocenters. The van der Waals surface area contributed by atoms with Gasteiger partial charge < -0.3 is 19.3 Å². The summed E-state index contributed by atoms with van der Waals surface area (Å²) in [7, 11) is 1.86. The van der Waals surface area contributed by atoms with Gasteiger partial charge in [-0.1, -0.05) is 13.0 Å². The van der Waals surface area contributed by atoms with Crippen molar-refractivity contribution in [3.63, 3.8) is 0 Å². The van der Waals surface area contributed by atoms with Crippen LogP contribution in [0.5, 0.6) is 5.75 Å². The highest BCUT2D eigenvalue weighted by atomic mass is 19.1. The van der Waals surface area contributed by atoms with Crippen LogP contribution in [0, 0.1) is 18.7 Å². The maximum atomic E-state index is 13.3. The Labute approximate surface area is 244 Å². The number of benzene rings is 2. The summed E-state index contributed by atoms with van der Waals surface area (Å²) in [5.74, 6) is 0.506. The van der Waals surface area contributed by atoms with Gasteiger partial charge in [-0.15, -0.1) is 0 Å². The summed E-state index contributed by atoms with van der Waals surface area (Å²) in [5, 5.41) is 0. The number of hydrogen-bond donors (Lipinski definition) is 0. The molecule has 4 rings (SSSR count). The first-order valence-electron chi connectivity index (χ1n) is 14.9. The molecule has 2 amide bonds. The average Bonchev–Trinajstić information content (AvgIpc) is 2.94. The van der Waals surface area contributed by atoms with Gasteiger partial charge in [0.2, 0.25) is 5.91 Å². The van der Waals surface area contributed by atoms with E-state index in [4.69, 9.17) is 9.47 Å². The third-order valence-electron chi connectivity index (χ3n) is 8.24. The van der Waals surface area contributed by atoms with Crippen molar-refractivity contribution in [1.29, 1.82) is 0 Å². The van der Waals surface area contributed by atoms with Crippen LogP contribution in [-0.4, -0.2) is 66.2 Å². The second kappa shape index (κ2) is 13.2. The summed E-state index contributed by atoms with van der Waals surface area (Å²) in [6.07, 6.45) is 3.86. The zero-order chi connectivity index (χ0) is 29.7. The zero-order valence-electron chi connectivity index (χ0n) is 25.5. The van der Waals surface area contributed by atoms with E-state index in [2.05, 4.69) is 30.9 Å². The lowest BCUT2D eigenvalue weighted by Crippen LogP contribution is -2.55. The number of carbonyl (C=O) groups excluding carboxylic acids is 2. The van der Waals surface area contributed by atoms with Crippen molar-refractivity contribution in [1.82, 2.24) is 9.80 Å². The molecule has 1 saturated carbocycles. The van der Waals surface area contributed by atoms with Crippen LogP contribution >= 0.6 is 0 Å². The lowest BCUT2D eigenvalue weighted by molar-refractivity contribution is -0.123. The maximum Gasteiger partial charge on any atom is 0.410 e. The van der Waals surface area contributed by atoms with Crippen molar-refractivity contribution in [3.05, 3.63) is 59.4 Å². The summed E-state index contributed by atoms with van der Waals surface area (Å²) in [4.78, 5) is 32.1. The Morgan fingerprint density at radius 1 is 1.02 bits per heavy atom. The monoisotopic (exact) mass is 567 g/mol. The minimum atomic E-state index is -0.501. The number of nitrogens with zero attached hydrogens (tertiary/aromatic N) is 3. The van der Waals surface area contributed by atoms with Crippen molar-refractivity contribution < 1.29 is 23.5 Å². The Balaban J connectivity index is 1.29. The molecule has 0 spiro atoms. The van der Waals surface area contributed by atoms with Gasteiger partial charge in [-0.05, 0) is 107 Å². The molecule has 2 aromatic rings. The lowest BCUT2D eigenvalue weighted by Gasteiger charge is -2.41. The number of amides is 2. The number of piperazine rings is 1. The van der Waals surface area contributed by atoms with Crippen LogP contribution < -0.4 is 9.64 Å². The molecule has 7 nitrogen and oxygen atoms in total. The number of rotatable bonds is 7. The molecule has 0 N–H and O–H groups in total. The van der Waals surface area contributed by atoms with Gasteiger partial charge in [0, 0.05) is 50.9 Å². The van der Waals surface area contributed by atoms with Gasteiger partial charge in [-0.25, -0.2) is 9.18 Å². The first-order valence-corrected chi connectivity index (χ1v) is 14.9. The van der Waals surface area contributed by atoms with Crippen LogP contribution in [-0.2, 0) is 16.1 Å². The summed E-state index contributed by atoms with van der Waals surface area (Å²) in [6, 6.07) is 12.5. The molecule has 1 saturated heterocycles. The first-order chi connectivity index (χ1) is 19.4. The molecule has 41 heavy (non-hydrogen) atoms. The SMILES string of the molecule is CC[C@H]1CN(Cc2ccc(N(C)C(=O)C3CCC(Oc4ccc(F)cc4)CC3)cc2C)CCN1C(=O)OC(C)(C)C. The van der Waals surface area contributed by atoms with Crippen molar-refractivity contribution in [2.75, 3.05) is 31.6 Å². The third-order valence-corrected chi connectivity index (χ3v) is 8.24. The Morgan fingerprint density at radius 2 is 1.71 bits per heavy atom. The zero-order valence-corrected chi connectivity index (χ0v) is 25.5. The fourth-order valence-electron chi connectivity index (χ4n) is 5.81. The van der Waals surface area contributed by atoms with E-state index in [1.165, 1.54) is 17.7 Å². The number of carbonyl (C=O) groups is 2. The average molecular weight is 568 g/mol. The number of ether oxygens (including phenoxy) is 2. The predicted molar refractivity (Wildman–Crippen MR) is 160 cm³/mol. The summed E-state index contributed by atoms with van der Waals surface area (Å²) < 4.78 is 24.8. The normalized spacial score (nSPS) is 21.8. The van der Waals surface area contributed by atoms with Crippen molar-refractivity contribution in [3.8, 4) is 5.75 Å². The van der Waals surface area contributed by atoms with Gasteiger partial charge in [-0.3, -0.25) is 9.69 Å². The Bertz CT molecular complexity index is 1190. The molecule has 1 aliphatic carbocycles. The van der Waals surface area contributed by atoms with Crippen LogP contribution in [0.2, 0.25) is 0 Å². The smallest absolute Gasteiger partial charge is 0.410 e. The molecule has 0 aromatic heterocycles. The van der Waals surface area contributed by atoms with E-state index in [1.54, 1.807) is 17.0 Å². The van der Waals surface area contributed by atoms with Crippen LogP contribution in [0.25, 0.3) is 0 Å². The van der Waals surface area contributed by atoms with E-state index in [1.807, 2.05) is 38.8 Å². The van der Waals surface area contributed by atoms with E-state index < -0.39 is 5.60 Å². The molecule has 2 aromatic carbocycles. The molecule has 1 atom stereocenters. The molecule has 0 radical (unpaired) electrons. The van der Waals surface area contributed by atoms with Gasteiger partial charge in [-0.2, -0.15) is 0 Å². The molecule has 1 heterocycles. The summed E-state index contributed by atoms with van der Waals surface area (Å²) >= 11 is 0. The fraction of sp³-hybridized carbons (Fsp3) is 0.576. The van der Waals surface area contributed by atoms with Gasteiger partial charge in [0.05, 0.1) is 6.10 Å². The van der Waals surface area contributed by atoms with E-state index in [9.17, 15) is 14.0 Å². The van der Waals surface area contributed by atoms with Crippen molar-refractivity contribution >= 4 is 17.7 Å². The Morgan fingerprint density at radius 3 is 2.32 bits per heavy atom. The van der Waals surface area contributed by atoms with Crippen LogP contribution in [0.1, 0.15) is 70.9 Å². The number of halogens is 1. The van der Waals surface area contributed by atoms with Crippen LogP contribution in [0.15, 0.2) is 42.5 Å². The van der Waals surface area contributed by atoms with Gasteiger partial charge >= 0.3 is 6.09 Å². The molecule has 8 heteroatoms. The summed E-state index contributed by atoms with van der Waals surface area (Å²) in [6.45, 7) is 13.0. The van der Waals surface area contributed by atoms with Gasteiger partial charge in [0.1, 0.15) is 17.2 Å². The lowest BCUT2D eigenvalue weighted by atomic mass is 9.86. The highest BCUT2D eigenvalue weighted by Gasteiger charge is 2.33.